The first kappa shape index (κ1) is 18.6. The van der Waals surface area contributed by atoms with Crippen molar-refractivity contribution in [2.45, 2.75) is 57.7 Å². The number of carbonyl (C=O) groups is 2. The molecule has 0 radical (unpaired) electrons. The van der Waals surface area contributed by atoms with Crippen LogP contribution in [0.1, 0.15) is 45.4 Å². The van der Waals surface area contributed by atoms with Crippen LogP contribution in [0, 0.1) is 17.8 Å². The van der Waals surface area contributed by atoms with Gasteiger partial charge in [0.15, 0.2) is 0 Å². The van der Waals surface area contributed by atoms with Crippen molar-refractivity contribution in [2.24, 2.45) is 17.8 Å². The second kappa shape index (κ2) is 8.90. The van der Waals surface area contributed by atoms with Gasteiger partial charge in [-0.05, 0) is 18.8 Å². The largest absolute Gasteiger partial charge is 0.481 e. The molecule has 1 rings (SSSR count). The Morgan fingerprint density at radius 1 is 1.27 bits per heavy atom. The number of aliphatic hydroxyl groups excluding tert-OH is 2. The third-order valence-electron chi connectivity index (χ3n) is 4.34. The molecule has 5 unspecified atom stereocenters. The summed E-state index contributed by atoms with van der Waals surface area (Å²) < 4.78 is 0. The summed E-state index contributed by atoms with van der Waals surface area (Å²) in [4.78, 5) is 22.2. The fraction of sp³-hybridized carbons (Fsp3) is 0.750. The molecule has 1 aliphatic rings. The molecule has 6 heteroatoms. The van der Waals surface area contributed by atoms with Crippen molar-refractivity contribution in [1.82, 2.24) is 0 Å². The third kappa shape index (κ3) is 5.42. The van der Waals surface area contributed by atoms with Gasteiger partial charge in [-0.3, -0.25) is 9.59 Å². The quantitative estimate of drug-likeness (QED) is 0.380. The highest BCUT2D eigenvalue weighted by Gasteiger charge is 2.45. The molecule has 5 atom stereocenters. The topological polar surface area (TPSA) is 115 Å². The first-order valence-electron chi connectivity index (χ1n) is 7.85. The Morgan fingerprint density at radius 2 is 1.95 bits per heavy atom. The van der Waals surface area contributed by atoms with E-state index in [9.17, 15) is 24.9 Å². The lowest BCUT2D eigenvalue weighted by Crippen LogP contribution is -2.24. The molecule has 4 N–H and O–H groups in total. The van der Waals surface area contributed by atoms with E-state index in [0.717, 1.165) is 19.3 Å². The molecular formula is C16H26O6. The SMILES string of the molecule is CCCCCC(O)/C=C/C1C(C(=O)O)CC(O)C1CC(=O)O. The van der Waals surface area contributed by atoms with E-state index in [-0.39, 0.29) is 12.8 Å². The Hall–Kier alpha value is -1.40. The van der Waals surface area contributed by atoms with Gasteiger partial charge in [-0.25, -0.2) is 0 Å². The Bertz CT molecular complexity index is 405. The Morgan fingerprint density at radius 3 is 2.50 bits per heavy atom. The molecule has 0 saturated heterocycles. The van der Waals surface area contributed by atoms with Gasteiger partial charge in [0.1, 0.15) is 0 Å². The zero-order valence-corrected chi connectivity index (χ0v) is 12.9. The summed E-state index contributed by atoms with van der Waals surface area (Å²) in [5.74, 6) is -4.10. The zero-order chi connectivity index (χ0) is 16.7. The van der Waals surface area contributed by atoms with Gasteiger partial charge in [0, 0.05) is 5.92 Å². The first-order chi connectivity index (χ1) is 10.4. The molecule has 0 aliphatic heterocycles. The van der Waals surface area contributed by atoms with Crippen LogP contribution < -0.4 is 0 Å². The second-order valence-electron chi connectivity index (χ2n) is 6.03. The molecule has 22 heavy (non-hydrogen) atoms. The lowest BCUT2D eigenvalue weighted by molar-refractivity contribution is -0.143. The van der Waals surface area contributed by atoms with Gasteiger partial charge in [-0.2, -0.15) is 0 Å². The summed E-state index contributed by atoms with van der Waals surface area (Å²) in [6.07, 6.45) is 4.85. The first-order valence-corrected chi connectivity index (χ1v) is 7.85. The number of carboxylic acids is 2. The fourth-order valence-electron chi connectivity index (χ4n) is 3.12. The van der Waals surface area contributed by atoms with Crippen molar-refractivity contribution < 1.29 is 30.0 Å². The van der Waals surface area contributed by atoms with E-state index >= 15 is 0 Å². The van der Waals surface area contributed by atoms with E-state index in [1.807, 2.05) is 0 Å². The molecule has 0 aromatic heterocycles. The summed E-state index contributed by atoms with van der Waals surface area (Å²) in [5.41, 5.74) is 0. The number of carboxylic acid groups (broad SMARTS) is 2. The highest BCUT2D eigenvalue weighted by Crippen LogP contribution is 2.40. The van der Waals surface area contributed by atoms with Crippen LogP contribution in [0.25, 0.3) is 0 Å². The molecule has 6 nitrogen and oxygen atoms in total. The van der Waals surface area contributed by atoms with Gasteiger partial charge in [-0.15, -0.1) is 0 Å². The summed E-state index contributed by atoms with van der Waals surface area (Å²) >= 11 is 0. The lowest BCUT2D eigenvalue weighted by Gasteiger charge is -2.19. The number of aliphatic carboxylic acids is 2. The van der Waals surface area contributed by atoms with E-state index < -0.39 is 41.9 Å². The van der Waals surface area contributed by atoms with Gasteiger partial charge in [-0.1, -0.05) is 38.3 Å². The van der Waals surface area contributed by atoms with Crippen LogP contribution in [-0.2, 0) is 9.59 Å². The minimum absolute atomic E-state index is 0.0498. The Balaban J connectivity index is 2.74. The Labute approximate surface area is 130 Å². The van der Waals surface area contributed by atoms with Crippen LogP contribution in [-0.4, -0.2) is 44.6 Å². The average molecular weight is 314 g/mol. The molecule has 126 valence electrons. The molecule has 0 spiro atoms. The van der Waals surface area contributed by atoms with Crippen LogP contribution in [0.5, 0.6) is 0 Å². The maximum Gasteiger partial charge on any atom is 0.307 e. The minimum atomic E-state index is -1.06. The van der Waals surface area contributed by atoms with Gasteiger partial charge in [0.2, 0.25) is 0 Å². The number of rotatable bonds is 9. The molecule has 0 bridgehead atoms. The van der Waals surface area contributed by atoms with E-state index in [0.29, 0.717) is 6.42 Å². The normalized spacial score (nSPS) is 29.8. The van der Waals surface area contributed by atoms with Crippen LogP contribution >= 0.6 is 0 Å². The van der Waals surface area contributed by atoms with Crippen LogP contribution in [0.2, 0.25) is 0 Å². The predicted octanol–water partition coefficient (Wildman–Crippen LogP) is 1.66. The monoisotopic (exact) mass is 314 g/mol. The van der Waals surface area contributed by atoms with Crippen molar-refractivity contribution in [3.05, 3.63) is 12.2 Å². The van der Waals surface area contributed by atoms with E-state index in [1.165, 1.54) is 0 Å². The summed E-state index contributed by atoms with van der Waals surface area (Å²) in [5, 5.41) is 38.0. The third-order valence-corrected chi connectivity index (χ3v) is 4.34. The van der Waals surface area contributed by atoms with Crippen molar-refractivity contribution in [3.8, 4) is 0 Å². The number of hydrogen-bond donors (Lipinski definition) is 4. The van der Waals surface area contributed by atoms with E-state index in [4.69, 9.17) is 5.11 Å². The number of hydrogen-bond acceptors (Lipinski definition) is 4. The molecular weight excluding hydrogens is 288 g/mol. The molecule has 1 aliphatic carbocycles. The van der Waals surface area contributed by atoms with Crippen molar-refractivity contribution >= 4 is 11.9 Å². The molecule has 0 amide bonds. The minimum Gasteiger partial charge on any atom is -0.481 e. The summed E-state index contributed by atoms with van der Waals surface area (Å²) in [6.45, 7) is 2.07. The summed E-state index contributed by atoms with van der Waals surface area (Å²) in [6, 6.07) is 0. The lowest BCUT2D eigenvalue weighted by atomic mass is 9.86. The van der Waals surface area contributed by atoms with E-state index in [2.05, 4.69) is 6.92 Å². The highest BCUT2D eigenvalue weighted by atomic mass is 16.4. The predicted molar refractivity (Wildman–Crippen MR) is 80.3 cm³/mol. The number of unbranched alkanes of at least 4 members (excludes halogenated alkanes) is 2. The highest BCUT2D eigenvalue weighted by molar-refractivity contribution is 5.72. The van der Waals surface area contributed by atoms with Crippen molar-refractivity contribution in [1.29, 1.82) is 0 Å². The van der Waals surface area contributed by atoms with Crippen LogP contribution in [0.3, 0.4) is 0 Å². The van der Waals surface area contributed by atoms with Gasteiger partial charge >= 0.3 is 11.9 Å². The van der Waals surface area contributed by atoms with Crippen molar-refractivity contribution in [2.75, 3.05) is 0 Å². The smallest absolute Gasteiger partial charge is 0.307 e. The number of allylic oxidation sites excluding steroid dienone is 1. The zero-order valence-electron chi connectivity index (χ0n) is 12.9. The molecule has 1 fully saturated rings. The average Bonchev–Trinajstić information content (AvgIpc) is 2.73. The van der Waals surface area contributed by atoms with Gasteiger partial charge < -0.3 is 20.4 Å². The van der Waals surface area contributed by atoms with Gasteiger partial charge in [0.05, 0.1) is 24.5 Å². The van der Waals surface area contributed by atoms with Gasteiger partial charge in [0.25, 0.3) is 0 Å². The Kier molecular flexibility index (Phi) is 7.55. The van der Waals surface area contributed by atoms with Crippen LogP contribution in [0.4, 0.5) is 0 Å². The van der Waals surface area contributed by atoms with Crippen molar-refractivity contribution in [3.63, 3.8) is 0 Å². The maximum absolute atomic E-state index is 11.3. The number of aliphatic hydroxyl groups is 2. The molecule has 0 heterocycles. The maximum atomic E-state index is 11.3. The molecule has 0 aromatic carbocycles. The standard InChI is InChI=1S/C16H26O6/c1-2-3-4-5-10(17)6-7-11-12(9-15(19)20)14(18)8-13(11)16(21)22/h6-7,10-14,17-18H,2-5,8-9H2,1H3,(H,19,20)(H,21,22)/b7-6+. The molecule has 0 aromatic rings. The van der Waals surface area contributed by atoms with E-state index in [1.54, 1.807) is 12.2 Å². The second-order valence-corrected chi connectivity index (χ2v) is 6.03. The molecule has 1 saturated carbocycles. The fourth-order valence-corrected chi connectivity index (χ4v) is 3.12. The summed E-state index contributed by atoms with van der Waals surface area (Å²) in [7, 11) is 0. The van der Waals surface area contributed by atoms with Crippen LogP contribution in [0.15, 0.2) is 12.2 Å².